The van der Waals surface area contributed by atoms with E-state index in [1.807, 2.05) is 75.4 Å². The van der Waals surface area contributed by atoms with Gasteiger partial charge in [0.25, 0.3) is 0 Å². The standard InChI is InChI=1S/C56H78ClN7O12/c1-34-18-17-22-46(73-10)56(72)31-45(74-54(71)60-56)36(3)52-55(5,76-52)47(30-50(69)63(9)43-28-38(26-34)27-35(2)51(43)57)75-53(70)37(4)62(8)49(68)23-14-12-11-13-21-44(66)41(33-65)59-48(67)24-25-64-40(32-61(7)58-6)29-39-19-15-16-20-42(39)64/h15-20,22,27-29,36-37,41,45-47,52,58,65,72H,11-14,21,23-26,30-33H2,1-10H3,(H,59,67)(H,60,71)/b22-17+,34-18+/t36-,37+,41+,45+,46-,47+,52?,55+,56-/m1/s1. The summed E-state index contributed by atoms with van der Waals surface area (Å²) in [4.78, 5) is 83.8. The first-order valence-electron chi connectivity index (χ1n) is 26.2. The first-order chi connectivity index (χ1) is 36.0. The fourth-order valence-corrected chi connectivity index (χ4v) is 10.5. The van der Waals surface area contributed by atoms with Crippen molar-refractivity contribution in [2.75, 3.05) is 46.8 Å². The number of Topliss-reactive ketones (excluding diaryl/α,β-unsaturated/α-hetero) is 1. The third-order valence-electron chi connectivity index (χ3n) is 15.2. The number of likely N-dealkylation sites (N-methyl/N-ethyl adjacent to an activating group) is 1. The van der Waals surface area contributed by atoms with Crippen LogP contribution in [-0.2, 0) is 62.4 Å². The largest absolute Gasteiger partial charge is 0.457 e. The number of carbonyl (C=O) groups excluding carboxylic acids is 6. The molecule has 0 spiro atoms. The average Bonchev–Trinajstić information content (AvgIpc) is 3.97. The lowest BCUT2D eigenvalue weighted by Gasteiger charge is -2.42. The van der Waals surface area contributed by atoms with Crippen LogP contribution in [0.5, 0.6) is 0 Å². The summed E-state index contributed by atoms with van der Waals surface area (Å²) in [5.74, 6) is -2.68. The second-order valence-electron chi connectivity index (χ2n) is 20.9. The molecule has 3 aliphatic heterocycles. The van der Waals surface area contributed by atoms with Crippen molar-refractivity contribution >= 4 is 63.8 Å². The van der Waals surface area contributed by atoms with Gasteiger partial charge in [0.2, 0.25) is 17.7 Å². The number of para-hydroxylation sites is 1. The van der Waals surface area contributed by atoms with Crippen LogP contribution in [0.15, 0.2) is 66.3 Å². The molecule has 6 rings (SSSR count). The molecule has 0 saturated carbocycles. The van der Waals surface area contributed by atoms with Crippen molar-refractivity contribution in [1.82, 2.24) is 30.5 Å². The zero-order valence-electron chi connectivity index (χ0n) is 45.7. The fourth-order valence-electron chi connectivity index (χ4n) is 10.2. The lowest BCUT2D eigenvalue weighted by atomic mass is 9.83. The third-order valence-corrected chi connectivity index (χ3v) is 15.7. The first-order valence-corrected chi connectivity index (χ1v) is 26.6. The number of esters is 1. The number of alkyl carbamates (subject to hydrolysis) is 1. The summed E-state index contributed by atoms with van der Waals surface area (Å²) in [6.45, 7) is 9.33. The molecule has 2 aromatic carbocycles. The molecule has 2 fully saturated rings. The van der Waals surface area contributed by atoms with Crippen molar-refractivity contribution in [3.63, 3.8) is 0 Å². The summed E-state index contributed by atoms with van der Waals surface area (Å²) in [5, 5.41) is 30.5. The molecule has 416 valence electrons. The number of anilines is 1. The van der Waals surface area contributed by atoms with Crippen LogP contribution in [0.1, 0.15) is 102 Å². The molecule has 0 aliphatic carbocycles. The number of ketones is 1. The number of halogens is 1. The minimum absolute atomic E-state index is 0.0748. The molecule has 76 heavy (non-hydrogen) atoms. The Morgan fingerprint density at radius 2 is 1.75 bits per heavy atom. The molecule has 20 heteroatoms. The van der Waals surface area contributed by atoms with Crippen LogP contribution in [0.3, 0.4) is 0 Å². The van der Waals surface area contributed by atoms with E-state index in [9.17, 15) is 39.0 Å². The second kappa shape index (κ2) is 26.1. The highest BCUT2D eigenvalue weighted by molar-refractivity contribution is 6.34. The van der Waals surface area contributed by atoms with E-state index < -0.39 is 78.3 Å². The van der Waals surface area contributed by atoms with E-state index in [1.54, 1.807) is 40.0 Å². The number of nitrogens with one attached hydrogen (secondary N) is 3. The molecule has 19 nitrogen and oxygen atoms in total. The van der Waals surface area contributed by atoms with E-state index in [0.29, 0.717) is 55.9 Å². The molecule has 9 atom stereocenters. The van der Waals surface area contributed by atoms with Gasteiger partial charge in [0.1, 0.15) is 36.0 Å². The Morgan fingerprint density at radius 1 is 1.04 bits per heavy atom. The van der Waals surface area contributed by atoms with Gasteiger partial charge in [0.15, 0.2) is 11.5 Å². The number of benzene rings is 2. The summed E-state index contributed by atoms with van der Waals surface area (Å²) in [6, 6.07) is 11.7. The number of hydrogen-bond donors (Lipinski definition) is 5. The van der Waals surface area contributed by atoms with Gasteiger partial charge in [-0.2, -0.15) is 0 Å². The maximum absolute atomic E-state index is 14.3. The summed E-state index contributed by atoms with van der Waals surface area (Å²) >= 11 is 6.84. The summed E-state index contributed by atoms with van der Waals surface area (Å²) in [7, 11) is 8.30. The molecule has 1 aromatic heterocycles. The molecule has 0 radical (unpaired) electrons. The van der Waals surface area contributed by atoms with Gasteiger partial charge < -0.3 is 48.8 Å². The topological polar surface area (TPSA) is 234 Å². The van der Waals surface area contributed by atoms with Crippen molar-refractivity contribution in [2.24, 2.45) is 5.92 Å². The Balaban J connectivity index is 1.04. The highest BCUT2D eigenvalue weighted by Crippen LogP contribution is 2.49. The van der Waals surface area contributed by atoms with E-state index >= 15 is 0 Å². The predicted molar refractivity (Wildman–Crippen MR) is 288 cm³/mol. The van der Waals surface area contributed by atoms with Crippen molar-refractivity contribution in [3.05, 3.63) is 88.1 Å². The molecule has 1 unspecified atom stereocenters. The number of aliphatic hydroxyl groups is 2. The lowest BCUT2D eigenvalue weighted by molar-refractivity contribution is -0.162. The van der Waals surface area contributed by atoms with E-state index in [4.69, 9.17) is 30.5 Å². The number of aromatic nitrogens is 1. The van der Waals surface area contributed by atoms with Crippen LogP contribution in [0, 0.1) is 12.8 Å². The molecule has 5 N–H and O–H groups in total. The van der Waals surface area contributed by atoms with Gasteiger partial charge in [-0.3, -0.25) is 29.9 Å². The van der Waals surface area contributed by atoms with Gasteiger partial charge >= 0.3 is 12.1 Å². The number of aryl methyl sites for hydroxylation is 2. The zero-order valence-corrected chi connectivity index (χ0v) is 46.4. The molecule has 4 bridgehead atoms. The van der Waals surface area contributed by atoms with Gasteiger partial charge in [-0.15, -0.1) is 0 Å². The third kappa shape index (κ3) is 14.5. The Kier molecular flexibility index (Phi) is 20.5. The van der Waals surface area contributed by atoms with Gasteiger partial charge in [-0.1, -0.05) is 79.4 Å². The molecule has 3 aliphatic rings. The Bertz CT molecular complexity index is 2660. The number of epoxide rings is 1. The van der Waals surface area contributed by atoms with Crippen LogP contribution in [0.4, 0.5) is 10.5 Å². The Hall–Kier alpha value is -5.67. The van der Waals surface area contributed by atoms with Gasteiger partial charge in [-0.05, 0) is 88.7 Å². The number of allylic oxidation sites excluding steroid dienone is 3. The monoisotopic (exact) mass is 1080 g/mol. The van der Waals surface area contributed by atoms with Crippen molar-refractivity contribution < 1.29 is 57.9 Å². The number of aliphatic hydroxyl groups excluding tert-OH is 1. The number of amides is 4. The van der Waals surface area contributed by atoms with Crippen molar-refractivity contribution in [1.29, 1.82) is 0 Å². The number of ether oxygens (including phenoxy) is 4. The smallest absolute Gasteiger partial charge is 0.409 e. The van der Waals surface area contributed by atoms with Crippen LogP contribution in [0.25, 0.3) is 10.9 Å². The number of rotatable bonds is 20. The summed E-state index contributed by atoms with van der Waals surface area (Å²) in [6.07, 6.45) is 3.40. The number of unbranched alkanes of at least 4 members (excludes halogenated alkanes) is 3. The normalized spacial score (nSPS) is 25.8. The number of hydrazine groups is 1. The maximum Gasteiger partial charge on any atom is 0.409 e. The van der Waals surface area contributed by atoms with E-state index in [0.717, 1.165) is 33.3 Å². The Morgan fingerprint density at radius 3 is 2.45 bits per heavy atom. The molecule has 4 heterocycles. The molecule has 3 aromatic rings. The maximum atomic E-state index is 14.3. The number of hydrogen-bond acceptors (Lipinski definition) is 14. The van der Waals surface area contributed by atoms with Gasteiger partial charge in [0, 0.05) is 77.6 Å². The minimum atomic E-state index is -1.85. The van der Waals surface area contributed by atoms with Gasteiger partial charge in [0.05, 0.1) is 36.4 Å². The van der Waals surface area contributed by atoms with Crippen LogP contribution >= 0.6 is 11.6 Å². The summed E-state index contributed by atoms with van der Waals surface area (Å²) in [5.41, 5.74) is 5.07. The minimum Gasteiger partial charge on any atom is -0.457 e. The lowest BCUT2D eigenvalue weighted by Crippen LogP contribution is -2.63. The van der Waals surface area contributed by atoms with Crippen molar-refractivity contribution in [2.45, 2.75) is 160 Å². The van der Waals surface area contributed by atoms with Crippen LogP contribution in [-0.4, -0.2) is 150 Å². The van der Waals surface area contributed by atoms with Crippen LogP contribution in [0.2, 0.25) is 5.02 Å². The Labute approximate surface area is 451 Å². The number of carbonyl (C=O) groups is 6. The fraction of sp³-hybridized carbons (Fsp3) is 0.571. The summed E-state index contributed by atoms with van der Waals surface area (Å²) < 4.78 is 26.0. The SMILES string of the molecule is CNN(C)Cc1cc2ccccc2n1CCC(=O)N[C@@H](CO)C(=O)CCCCCCC(=O)N(C)[C@@H](C)C(=O)O[C@H]1CC(=O)N(C)c2cc(cc(C)c2Cl)C/C(C)=C/C=C/[C@@H](OC)[C@]2(O)C[C@H](OC(=O)N2)[C@@H](C)C2O[C@]21C. The molecule has 2 saturated heterocycles. The molecular formula is C56H78ClN7O12. The van der Waals surface area contributed by atoms with E-state index in [1.165, 1.54) is 24.0 Å². The quantitative estimate of drug-likeness (QED) is 0.0389. The number of nitrogens with zero attached hydrogens (tertiary/aromatic N) is 4. The van der Waals surface area contributed by atoms with Crippen LogP contribution < -0.4 is 21.0 Å². The second-order valence-corrected chi connectivity index (χ2v) is 21.3. The van der Waals surface area contributed by atoms with E-state index in [2.05, 4.69) is 26.7 Å². The molecular weight excluding hydrogens is 998 g/mol. The number of fused-ring (bicyclic) bond motifs is 6. The van der Waals surface area contributed by atoms with E-state index in [-0.39, 0.29) is 49.7 Å². The van der Waals surface area contributed by atoms with Crippen molar-refractivity contribution in [3.8, 4) is 0 Å². The molecule has 4 amide bonds. The average molecular weight is 1080 g/mol. The highest BCUT2D eigenvalue weighted by Gasteiger charge is 2.64. The zero-order chi connectivity index (χ0) is 55.6. The highest BCUT2D eigenvalue weighted by atomic mass is 35.5. The van der Waals surface area contributed by atoms with Gasteiger partial charge in [-0.25, -0.2) is 14.6 Å². The number of methoxy groups -OCH3 is 1. The first kappa shape index (κ1) is 59.6. The predicted octanol–water partition coefficient (Wildman–Crippen LogP) is 5.81.